The van der Waals surface area contributed by atoms with Gasteiger partial charge in [-0.3, -0.25) is 9.59 Å². The zero-order valence-electron chi connectivity index (χ0n) is 13.9. The maximum absolute atomic E-state index is 12.5. The van der Waals surface area contributed by atoms with Crippen LogP contribution in [0, 0.1) is 6.92 Å². The van der Waals surface area contributed by atoms with E-state index in [1.165, 1.54) is 6.07 Å². The van der Waals surface area contributed by atoms with Gasteiger partial charge in [-0.1, -0.05) is 6.07 Å². The van der Waals surface area contributed by atoms with Gasteiger partial charge in [0.15, 0.2) is 0 Å². The maximum Gasteiger partial charge on any atom is 0.259 e. The highest BCUT2D eigenvalue weighted by Crippen LogP contribution is 2.19. The summed E-state index contributed by atoms with van der Waals surface area (Å²) in [5, 5.41) is 7.02. The summed E-state index contributed by atoms with van der Waals surface area (Å²) in [6.45, 7) is 1.77. The number of nitrogens with one attached hydrogen (secondary N) is 2. The Balaban J connectivity index is 1.57. The highest BCUT2D eigenvalue weighted by atomic mass is 16.1. The first-order chi connectivity index (χ1) is 12.6. The Bertz CT molecular complexity index is 1160. The molecule has 0 radical (unpaired) electrons. The van der Waals surface area contributed by atoms with Gasteiger partial charge in [0.25, 0.3) is 11.5 Å². The monoisotopic (exact) mass is 345 g/mol. The third-order valence-corrected chi connectivity index (χ3v) is 3.96. The van der Waals surface area contributed by atoms with Crippen LogP contribution in [0.1, 0.15) is 16.1 Å². The number of hydrogen-bond acceptors (Lipinski definition) is 4. The van der Waals surface area contributed by atoms with E-state index in [0.29, 0.717) is 22.8 Å². The summed E-state index contributed by atoms with van der Waals surface area (Å²) < 4.78 is 1.65. The predicted octanol–water partition coefficient (Wildman–Crippen LogP) is 2.65. The average Bonchev–Trinajstić information content (AvgIpc) is 3.06. The van der Waals surface area contributed by atoms with Crippen molar-refractivity contribution >= 4 is 17.1 Å². The number of amides is 1. The van der Waals surface area contributed by atoms with Gasteiger partial charge < -0.3 is 10.3 Å². The molecule has 4 rings (SSSR count). The van der Waals surface area contributed by atoms with Crippen molar-refractivity contribution in [3.05, 3.63) is 82.5 Å². The fourth-order valence-electron chi connectivity index (χ4n) is 2.74. The first-order valence-corrected chi connectivity index (χ1v) is 8.02. The highest BCUT2D eigenvalue weighted by Gasteiger charge is 2.12. The van der Waals surface area contributed by atoms with Crippen LogP contribution in [-0.4, -0.2) is 25.5 Å². The Labute approximate surface area is 148 Å². The average molecular weight is 345 g/mol. The van der Waals surface area contributed by atoms with Gasteiger partial charge in [-0.2, -0.15) is 5.10 Å². The molecule has 0 aliphatic heterocycles. The van der Waals surface area contributed by atoms with Gasteiger partial charge in [-0.15, -0.1) is 0 Å². The number of fused-ring (bicyclic) bond motifs is 1. The minimum Gasteiger partial charge on any atom is -0.322 e. The van der Waals surface area contributed by atoms with E-state index < -0.39 is 0 Å². The number of rotatable bonds is 3. The lowest BCUT2D eigenvalue weighted by Crippen LogP contribution is -2.11. The molecule has 26 heavy (non-hydrogen) atoms. The molecule has 0 aliphatic rings. The lowest BCUT2D eigenvalue weighted by Gasteiger charge is -2.06. The molecule has 128 valence electrons. The molecular weight excluding hydrogens is 330 g/mol. The minimum atomic E-state index is -0.235. The summed E-state index contributed by atoms with van der Waals surface area (Å²) in [4.78, 5) is 31.1. The van der Waals surface area contributed by atoms with Gasteiger partial charge in [0.05, 0.1) is 17.3 Å². The Morgan fingerprint density at radius 3 is 2.73 bits per heavy atom. The van der Waals surface area contributed by atoms with Gasteiger partial charge in [-0.25, -0.2) is 9.50 Å². The lowest BCUT2D eigenvalue weighted by molar-refractivity contribution is 0.102. The number of carbonyl (C=O) groups is 1. The smallest absolute Gasteiger partial charge is 0.259 e. The normalized spacial score (nSPS) is 10.8. The number of nitrogens with zero attached hydrogens (tertiary/aromatic N) is 3. The van der Waals surface area contributed by atoms with E-state index in [2.05, 4.69) is 20.4 Å². The molecule has 0 unspecified atom stereocenters. The third kappa shape index (κ3) is 2.98. The van der Waals surface area contributed by atoms with Crippen LogP contribution in [0.4, 0.5) is 5.69 Å². The summed E-state index contributed by atoms with van der Waals surface area (Å²) in [6, 6.07) is 14.1. The van der Waals surface area contributed by atoms with E-state index in [1.54, 1.807) is 48.1 Å². The Morgan fingerprint density at radius 2 is 1.96 bits per heavy atom. The van der Waals surface area contributed by atoms with Crippen LogP contribution in [0.25, 0.3) is 16.9 Å². The Hall–Kier alpha value is -3.74. The molecule has 0 atom stereocenters. The number of aryl methyl sites for hydroxylation is 1. The fourth-order valence-corrected chi connectivity index (χ4v) is 2.74. The molecule has 0 saturated carbocycles. The number of pyridine rings is 1. The molecule has 3 heterocycles. The molecule has 0 spiro atoms. The van der Waals surface area contributed by atoms with Gasteiger partial charge in [-0.05, 0) is 43.3 Å². The minimum absolute atomic E-state index is 0.196. The van der Waals surface area contributed by atoms with E-state index >= 15 is 0 Å². The molecule has 1 aromatic carbocycles. The van der Waals surface area contributed by atoms with Gasteiger partial charge in [0.2, 0.25) is 0 Å². The number of anilines is 1. The quantitative estimate of drug-likeness (QED) is 0.597. The second-order valence-corrected chi connectivity index (χ2v) is 5.86. The lowest BCUT2D eigenvalue weighted by atomic mass is 10.2. The Kier molecular flexibility index (Phi) is 3.81. The van der Waals surface area contributed by atoms with Crippen LogP contribution < -0.4 is 10.9 Å². The fraction of sp³-hybridized carbons (Fsp3) is 0.0526. The molecule has 0 aliphatic carbocycles. The summed E-state index contributed by atoms with van der Waals surface area (Å²) in [5.41, 5.74) is 3.10. The van der Waals surface area contributed by atoms with Crippen molar-refractivity contribution in [1.82, 2.24) is 19.6 Å². The molecule has 2 N–H and O–H groups in total. The molecule has 7 nitrogen and oxygen atoms in total. The third-order valence-electron chi connectivity index (χ3n) is 3.96. The predicted molar refractivity (Wildman–Crippen MR) is 98.2 cm³/mol. The van der Waals surface area contributed by atoms with E-state index in [1.807, 2.05) is 18.2 Å². The van der Waals surface area contributed by atoms with Crippen LogP contribution in [-0.2, 0) is 0 Å². The number of carbonyl (C=O) groups excluding carboxylic acids is 1. The highest BCUT2D eigenvalue weighted by molar-refractivity contribution is 6.08. The van der Waals surface area contributed by atoms with Crippen LogP contribution in [0.3, 0.4) is 0 Å². The zero-order chi connectivity index (χ0) is 18.1. The SMILES string of the molecule is Cc1cc(=O)[nH]c(-c2ccc(NC(=O)c3cnn4ccccc34)cc2)n1. The van der Waals surface area contributed by atoms with E-state index in [9.17, 15) is 9.59 Å². The van der Waals surface area contributed by atoms with Crippen molar-refractivity contribution in [2.75, 3.05) is 5.32 Å². The first-order valence-electron chi connectivity index (χ1n) is 8.02. The molecule has 0 bridgehead atoms. The van der Waals surface area contributed by atoms with E-state index in [4.69, 9.17) is 0 Å². The largest absolute Gasteiger partial charge is 0.322 e. The topological polar surface area (TPSA) is 92.1 Å². The van der Waals surface area contributed by atoms with Crippen molar-refractivity contribution in [3.63, 3.8) is 0 Å². The van der Waals surface area contributed by atoms with Crippen molar-refractivity contribution in [2.45, 2.75) is 6.92 Å². The van der Waals surface area contributed by atoms with Crippen molar-refractivity contribution < 1.29 is 4.79 Å². The second-order valence-electron chi connectivity index (χ2n) is 5.86. The maximum atomic E-state index is 12.5. The number of benzene rings is 1. The number of H-pyrrole nitrogens is 1. The number of aromatic amines is 1. The molecule has 1 amide bonds. The summed E-state index contributed by atoms with van der Waals surface area (Å²) in [5.74, 6) is 0.261. The van der Waals surface area contributed by atoms with Crippen LogP contribution in [0.15, 0.2) is 65.7 Å². The van der Waals surface area contributed by atoms with Gasteiger partial charge >= 0.3 is 0 Å². The van der Waals surface area contributed by atoms with Crippen molar-refractivity contribution in [1.29, 1.82) is 0 Å². The zero-order valence-corrected chi connectivity index (χ0v) is 13.9. The van der Waals surface area contributed by atoms with Crippen LogP contribution in [0.5, 0.6) is 0 Å². The Morgan fingerprint density at radius 1 is 1.15 bits per heavy atom. The van der Waals surface area contributed by atoms with Crippen LogP contribution in [0.2, 0.25) is 0 Å². The number of aromatic nitrogens is 4. The summed E-state index contributed by atoms with van der Waals surface area (Å²) >= 11 is 0. The first kappa shape index (κ1) is 15.8. The molecular formula is C19H15N5O2. The van der Waals surface area contributed by atoms with E-state index in [-0.39, 0.29) is 11.5 Å². The van der Waals surface area contributed by atoms with Crippen molar-refractivity contribution in [2.24, 2.45) is 0 Å². The van der Waals surface area contributed by atoms with Gasteiger partial charge in [0.1, 0.15) is 5.82 Å². The molecule has 0 fully saturated rings. The summed E-state index contributed by atoms with van der Waals surface area (Å²) in [6.07, 6.45) is 3.33. The molecule has 3 aromatic heterocycles. The second kappa shape index (κ2) is 6.29. The van der Waals surface area contributed by atoms with Crippen molar-refractivity contribution in [3.8, 4) is 11.4 Å². The summed E-state index contributed by atoms with van der Waals surface area (Å²) in [7, 11) is 0. The molecule has 4 aromatic rings. The molecule has 0 saturated heterocycles. The molecule has 7 heteroatoms. The van der Waals surface area contributed by atoms with Gasteiger partial charge in [0, 0.05) is 29.2 Å². The van der Waals surface area contributed by atoms with E-state index in [0.717, 1.165) is 11.1 Å². The van der Waals surface area contributed by atoms with Crippen LogP contribution >= 0.6 is 0 Å². The number of hydrogen-bond donors (Lipinski definition) is 2. The standard InChI is InChI=1S/C19H15N5O2/c1-12-10-17(25)23-18(21-12)13-5-7-14(8-6-13)22-19(26)15-11-20-24-9-3-2-4-16(15)24/h2-11H,1H3,(H,22,26)(H,21,23,25).